The van der Waals surface area contributed by atoms with Crippen LogP contribution in [0.3, 0.4) is 0 Å². The van der Waals surface area contributed by atoms with Gasteiger partial charge in [0.2, 0.25) is 5.82 Å². The molecule has 1 N–H and O–H groups in total. The normalized spacial score (nSPS) is 12.0. The number of carbonyl (C=O) groups excluding carboxylic acids is 1. The molecule has 0 saturated heterocycles. The summed E-state index contributed by atoms with van der Waals surface area (Å²) < 4.78 is 9.59. The summed E-state index contributed by atoms with van der Waals surface area (Å²) in [6, 6.07) is 1.86. The van der Waals surface area contributed by atoms with Crippen LogP contribution >= 0.6 is 0 Å². The van der Waals surface area contributed by atoms with Gasteiger partial charge in [-0.1, -0.05) is 0 Å². The van der Waals surface area contributed by atoms with Crippen molar-refractivity contribution in [3.05, 3.63) is 17.6 Å². The number of nitrogens with one attached hydrogen (secondary N) is 1. The average Bonchev–Trinajstić information content (AvgIpc) is 2.27. The van der Waals surface area contributed by atoms with Gasteiger partial charge in [0.05, 0.1) is 13.7 Å². The number of rotatable bonds is 5. The van der Waals surface area contributed by atoms with E-state index in [4.69, 9.17) is 4.74 Å². The predicted molar refractivity (Wildman–Crippen MR) is 63.1 cm³/mol. The molecule has 1 unspecified atom stereocenters. The quantitative estimate of drug-likeness (QED) is 0.773. The van der Waals surface area contributed by atoms with Gasteiger partial charge in [0.1, 0.15) is 5.82 Å². The van der Waals surface area contributed by atoms with Crippen molar-refractivity contribution in [3.63, 3.8) is 0 Å². The maximum atomic E-state index is 11.3. The van der Waals surface area contributed by atoms with Crippen molar-refractivity contribution in [2.45, 2.75) is 19.9 Å². The van der Waals surface area contributed by atoms with Crippen LogP contribution < -0.4 is 5.32 Å². The summed E-state index contributed by atoms with van der Waals surface area (Å²) in [5.74, 6) is 0.0956. The van der Waals surface area contributed by atoms with E-state index in [1.54, 1.807) is 20.1 Å². The lowest BCUT2D eigenvalue weighted by Gasteiger charge is -2.14. The highest BCUT2D eigenvalue weighted by molar-refractivity contribution is 5.85. The number of esters is 1. The Morgan fingerprint density at radius 1 is 1.47 bits per heavy atom. The van der Waals surface area contributed by atoms with Crippen LogP contribution in [0.15, 0.2) is 6.07 Å². The number of hydrogen-bond acceptors (Lipinski definition) is 6. The molecule has 0 fully saturated rings. The van der Waals surface area contributed by atoms with Crippen LogP contribution in [0.1, 0.15) is 23.2 Å². The highest BCUT2D eigenvalue weighted by Crippen LogP contribution is 2.08. The van der Waals surface area contributed by atoms with E-state index in [0.717, 1.165) is 0 Å². The SMILES string of the molecule is COCC(C)Nc1cc(C)nc(C(=O)OC)n1. The minimum atomic E-state index is -0.545. The minimum Gasteiger partial charge on any atom is -0.463 e. The topological polar surface area (TPSA) is 73.3 Å². The second-order valence-electron chi connectivity index (χ2n) is 3.71. The largest absolute Gasteiger partial charge is 0.463 e. The molecule has 0 aliphatic heterocycles. The molecule has 6 heteroatoms. The first-order valence-electron chi connectivity index (χ1n) is 5.26. The second-order valence-corrected chi connectivity index (χ2v) is 3.71. The highest BCUT2D eigenvalue weighted by Gasteiger charge is 2.12. The summed E-state index contributed by atoms with van der Waals surface area (Å²) in [7, 11) is 2.93. The van der Waals surface area contributed by atoms with Crippen LogP contribution in [-0.4, -0.2) is 42.8 Å². The maximum Gasteiger partial charge on any atom is 0.376 e. The van der Waals surface area contributed by atoms with Crippen LogP contribution in [0.25, 0.3) is 0 Å². The van der Waals surface area contributed by atoms with Gasteiger partial charge in [0.15, 0.2) is 0 Å². The third-order valence-corrected chi connectivity index (χ3v) is 2.03. The average molecular weight is 239 g/mol. The Hall–Kier alpha value is -1.69. The first-order valence-corrected chi connectivity index (χ1v) is 5.26. The van der Waals surface area contributed by atoms with Crippen LogP contribution in [-0.2, 0) is 9.47 Å². The molecular weight excluding hydrogens is 222 g/mol. The lowest BCUT2D eigenvalue weighted by molar-refractivity contribution is 0.0586. The van der Waals surface area contributed by atoms with Crippen LogP contribution in [0.2, 0.25) is 0 Å². The minimum absolute atomic E-state index is 0.0552. The summed E-state index contributed by atoms with van der Waals surface area (Å²) in [5, 5.41) is 3.12. The van der Waals surface area contributed by atoms with Crippen LogP contribution in [0.4, 0.5) is 5.82 Å². The smallest absolute Gasteiger partial charge is 0.376 e. The molecule has 0 aliphatic carbocycles. The number of aryl methyl sites for hydroxylation is 1. The fraction of sp³-hybridized carbons (Fsp3) is 0.545. The van der Waals surface area contributed by atoms with Gasteiger partial charge in [-0.25, -0.2) is 14.8 Å². The standard InChI is InChI=1S/C11H17N3O3/c1-7-5-9(12-8(2)6-16-3)14-10(13-7)11(15)17-4/h5,8H,6H2,1-4H3,(H,12,13,14). The molecule has 0 spiro atoms. The van der Waals surface area contributed by atoms with Crippen molar-refractivity contribution >= 4 is 11.8 Å². The molecule has 6 nitrogen and oxygen atoms in total. The number of nitrogens with zero attached hydrogens (tertiary/aromatic N) is 2. The fourth-order valence-electron chi connectivity index (χ4n) is 1.37. The Bertz CT molecular complexity index is 396. The summed E-state index contributed by atoms with van der Waals surface area (Å²) in [6.07, 6.45) is 0. The van der Waals surface area contributed by atoms with Crippen molar-refractivity contribution < 1.29 is 14.3 Å². The van der Waals surface area contributed by atoms with Gasteiger partial charge < -0.3 is 14.8 Å². The summed E-state index contributed by atoms with van der Waals surface area (Å²) in [6.45, 7) is 4.30. The second kappa shape index (κ2) is 6.15. The third kappa shape index (κ3) is 3.99. The van der Waals surface area contributed by atoms with Gasteiger partial charge in [-0.05, 0) is 13.8 Å². The van der Waals surface area contributed by atoms with Crippen LogP contribution in [0.5, 0.6) is 0 Å². The van der Waals surface area contributed by atoms with E-state index in [2.05, 4.69) is 20.0 Å². The number of carbonyl (C=O) groups is 1. The van der Waals surface area contributed by atoms with E-state index in [0.29, 0.717) is 18.1 Å². The molecule has 1 aromatic heterocycles. The van der Waals surface area contributed by atoms with Crippen molar-refractivity contribution in [3.8, 4) is 0 Å². The molecule has 17 heavy (non-hydrogen) atoms. The number of hydrogen-bond donors (Lipinski definition) is 1. The highest BCUT2D eigenvalue weighted by atomic mass is 16.5. The number of methoxy groups -OCH3 is 2. The van der Waals surface area contributed by atoms with Gasteiger partial charge in [0.25, 0.3) is 0 Å². The zero-order chi connectivity index (χ0) is 12.8. The van der Waals surface area contributed by atoms with E-state index >= 15 is 0 Å². The van der Waals surface area contributed by atoms with Crippen molar-refractivity contribution in [2.24, 2.45) is 0 Å². The van der Waals surface area contributed by atoms with E-state index in [1.807, 2.05) is 6.92 Å². The molecule has 0 aromatic carbocycles. The molecule has 1 aromatic rings. The van der Waals surface area contributed by atoms with Crippen molar-refractivity contribution in [1.82, 2.24) is 9.97 Å². The molecule has 94 valence electrons. The Morgan fingerprint density at radius 3 is 2.76 bits per heavy atom. The lowest BCUT2D eigenvalue weighted by Crippen LogP contribution is -2.22. The molecule has 0 aliphatic rings. The number of ether oxygens (including phenoxy) is 2. The van der Waals surface area contributed by atoms with Gasteiger partial charge >= 0.3 is 5.97 Å². The first kappa shape index (κ1) is 13.4. The molecule has 0 radical (unpaired) electrons. The maximum absolute atomic E-state index is 11.3. The van der Waals surface area contributed by atoms with Gasteiger partial charge in [-0.2, -0.15) is 0 Å². The Morgan fingerprint density at radius 2 is 2.18 bits per heavy atom. The zero-order valence-corrected chi connectivity index (χ0v) is 10.5. The van der Waals surface area contributed by atoms with E-state index in [9.17, 15) is 4.79 Å². The Labute approximate surface area is 100 Å². The van der Waals surface area contributed by atoms with E-state index in [-0.39, 0.29) is 11.9 Å². The van der Waals surface area contributed by atoms with Gasteiger partial charge in [-0.15, -0.1) is 0 Å². The molecule has 0 bridgehead atoms. The van der Waals surface area contributed by atoms with E-state index in [1.165, 1.54) is 7.11 Å². The zero-order valence-electron chi connectivity index (χ0n) is 10.5. The number of aromatic nitrogens is 2. The van der Waals surface area contributed by atoms with Crippen molar-refractivity contribution in [2.75, 3.05) is 26.1 Å². The van der Waals surface area contributed by atoms with Crippen molar-refractivity contribution in [1.29, 1.82) is 0 Å². The lowest BCUT2D eigenvalue weighted by atomic mass is 10.3. The first-order chi connectivity index (χ1) is 8.06. The van der Waals surface area contributed by atoms with E-state index < -0.39 is 5.97 Å². The summed E-state index contributed by atoms with van der Waals surface area (Å²) in [4.78, 5) is 19.4. The van der Waals surface area contributed by atoms with Gasteiger partial charge in [0, 0.05) is 24.9 Å². The van der Waals surface area contributed by atoms with Crippen LogP contribution in [0, 0.1) is 6.92 Å². The molecule has 1 atom stereocenters. The molecular formula is C11H17N3O3. The molecule has 0 saturated carbocycles. The van der Waals surface area contributed by atoms with Gasteiger partial charge in [-0.3, -0.25) is 0 Å². The third-order valence-electron chi connectivity index (χ3n) is 2.03. The molecule has 1 heterocycles. The molecule has 0 amide bonds. The molecule has 1 rings (SSSR count). The summed E-state index contributed by atoms with van der Waals surface area (Å²) in [5.41, 5.74) is 0.701. The monoisotopic (exact) mass is 239 g/mol. The Balaban J connectivity index is 2.85. The summed E-state index contributed by atoms with van der Waals surface area (Å²) >= 11 is 0. The number of anilines is 1. The predicted octanol–water partition coefficient (Wildman–Crippen LogP) is 1.02. The Kier molecular flexibility index (Phi) is 4.84. The fourth-order valence-corrected chi connectivity index (χ4v) is 1.37.